The summed E-state index contributed by atoms with van der Waals surface area (Å²) in [6, 6.07) is 40.6. The van der Waals surface area contributed by atoms with Crippen LogP contribution in [0, 0.1) is 19.1 Å². The fraction of sp³-hybridized carbons (Fsp3) is 0.150. The molecule has 0 saturated carbocycles. The average Bonchev–Trinajstić information content (AvgIpc) is 3.52. The molecule has 1 aliphatic heterocycles. The fourth-order valence-corrected chi connectivity index (χ4v) is 15.0. The van der Waals surface area contributed by atoms with Crippen LogP contribution in [0.1, 0.15) is 5.56 Å². The standard InChI is InChI=1S/C26H20GeNO.C14H16GeN.Ir/c1-16-11-12-28-24(13-16)19-9-6-8-18-21-14-20-17-7-4-5-10-22(17)27(2,3)23(20)15-25(21)29-26(18)19;1-15(2,3)13-9-10-14(16-11-13)12-7-5-4-6-8-12;/h4-8,10-15H,1-3H3;4-7,9-11H,1-3H3;/q2*-1;. The van der Waals surface area contributed by atoms with Crippen molar-refractivity contribution in [3.05, 3.63) is 127 Å². The molecule has 4 aromatic carbocycles. The zero-order chi connectivity index (χ0) is 31.3. The number of rotatable bonds is 3. The Labute approximate surface area is 290 Å². The van der Waals surface area contributed by atoms with E-state index < -0.39 is 26.5 Å². The first kappa shape index (κ1) is 32.6. The summed E-state index contributed by atoms with van der Waals surface area (Å²) in [6.07, 6.45) is 3.89. The zero-order valence-corrected chi connectivity index (χ0v) is 33.6. The molecule has 1 radical (unpaired) electrons. The molecule has 0 bridgehead atoms. The predicted octanol–water partition coefficient (Wildman–Crippen LogP) is 8.65. The molecular weight excluding hydrogens is 862 g/mol. The van der Waals surface area contributed by atoms with Crippen molar-refractivity contribution >= 4 is 61.7 Å². The van der Waals surface area contributed by atoms with Gasteiger partial charge in [-0.2, -0.15) is 0 Å². The van der Waals surface area contributed by atoms with Crippen LogP contribution in [0.15, 0.2) is 114 Å². The van der Waals surface area contributed by atoms with Crippen LogP contribution in [0.25, 0.3) is 55.6 Å². The molecule has 1 aliphatic rings. The van der Waals surface area contributed by atoms with Crippen LogP contribution < -0.4 is 13.2 Å². The van der Waals surface area contributed by atoms with Crippen LogP contribution in [-0.2, 0) is 20.1 Å². The molecule has 8 rings (SSSR count). The van der Waals surface area contributed by atoms with E-state index in [4.69, 9.17) is 4.42 Å². The maximum absolute atomic E-state index is 6.45. The summed E-state index contributed by atoms with van der Waals surface area (Å²) in [6.45, 7) is 2.08. The van der Waals surface area contributed by atoms with Gasteiger partial charge in [0.15, 0.2) is 0 Å². The largest absolute Gasteiger partial charge is 0 e. The van der Waals surface area contributed by atoms with Crippen LogP contribution in [0.4, 0.5) is 0 Å². The third-order valence-corrected chi connectivity index (χ3v) is 20.6. The normalized spacial score (nSPS) is 13.0. The molecule has 3 nitrogen and oxygen atoms in total. The summed E-state index contributed by atoms with van der Waals surface area (Å²) >= 11 is -4.02. The molecular formula is C40H36Ge2IrN2O-2. The van der Waals surface area contributed by atoms with Gasteiger partial charge in [-0.15, -0.1) is 0 Å². The summed E-state index contributed by atoms with van der Waals surface area (Å²) < 4.78 is 11.0. The molecule has 0 saturated heterocycles. The van der Waals surface area contributed by atoms with Crippen molar-refractivity contribution in [3.8, 4) is 33.6 Å². The van der Waals surface area contributed by atoms with Gasteiger partial charge in [-0.3, -0.25) is 0 Å². The Kier molecular flexibility index (Phi) is 9.03. The first-order chi connectivity index (χ1) is 21.6. The fourth-order valence-electron chi connectivity index (χ4n) is 6.35. The Morgan fingerprint density at radius 1 is 0.717 bits per heavy atom. The summed E-state index contributed by atoms with van der Waals surface area (Å²) in [5.74, 6) is 12.1. The van der Waals surface area contributed by atoms with Crippen LogP contribution >= 0.6 is 0 Å². The molecule has 0 aliphatic carbocycles. The van der Waals surface area contributed by atoms with Crippen molar-refractivity contribution in [2.75, 3.05) is 0 Å². The Bertz CT molecular complexity index is 2180. The number of nitrogens with zero attached hydrogens (tertiary/aromatic N) is 2. The number of hydrogen-bond acceptors (Lipinski definition) is 3. The van der Waals surface area contributed by atoms with E-state index in [1.807, 2.05) is 48.8 Å². The molecule has 231 valence electrons. The Morgan fingerprint density at radius 2 is 1.52 bits per heavy atom. The maximum Gasteiger partial charge on any atom is 0 e. The quantitative estimate of drug-likeness (QED) is 0.132. The third kappa shape index (κ3) is 5.97. The van der Waals surface area contributed by atoms with Crippen LogP contribution in [0.3, 0.4) is 0 Å². The van der Waals surface area contributed by atoms with Gasteiger partial charge >= 0.3 is 273 Å². The van der Waals surface area contributed by atoms with E-state index in [2.05, 4.69) is 118 Å². The molecule has 7 aromatic rings. The Morgan fingerprint density at radius 3 is 2.24 bits per heavy atom. The molecule has 0 fully saturated rings. The van der Waals surface area contributed by atoms with Gasteiger partial charge in [0.05, 0.1) is 0 Å². The molecule has 4 heterocycles. The number of aryl methyl sites for hydroxylation is 1. The predicted molar refractivity (Wildman–Crippen MR) is 194 cm³/mol. The van der Waals surface area contributed by atoms with Crippen molar-refractivity contribution < 1.29 is 24.5 Å². The summed E-state index contributed by atoms with van der Waals surface area (Å²) in [5, 5.41) is 2.31. The van der Waals surface area contributed by atoms with E-state index >= 15 is 0 Å². The first-order valence-corrected chi connectivity index (χ1v) is 29.1. The van der Waals surface area contributed by atoms with E-state index in [9.17, 15) is 0 Å². The molecule has 0 unspecified atom stereocenters. The van der Waals surface area contributed by atoms with Gasteiger partial charge in [0, 0.05) is 20.1 Å². The minimum Gasteiger partial charge on any atom is 0 e. The second-order valence-electron chi connectivity index (χ2n) is 13.4. The smallest absolute Gasteiger partial charge is 0 e. The minimum absolute atomic E-state index is 0. The molecule has 0 amide bonds. The van der Waals surface area contributed by atoms with E-state index in [1.54, 1.807) is 4.40 Å². The molecule has 3 aromatic heterocycles. The van der Waals surface area contributed by atoms with Crippen LogP contribution in [-0.4, -0.2) is 36.5 Å². The van der Waals surface area contributed by atoms with E-state index in [1.165, 1.54) is 30.9 Å². The summed E-state index contributed by atoms with van der Waals surface area (Å²) in [4.78, 5) is 9.09. The van der Waals surface area contributed by atoms with E-state index in [-0.39, 0.29) is 20.1 Å². The average molecular weight is 898 g/mol. The van der Waals surface area contributed by atoms with E-state index in [0.717, 1.165) is 39.1 Å². The number of aromatic nitrogens is 2. The van der Waals surface area contributed by atoms with Gasteiger partial charge in [0.1, 0.15) is 0 Å². The Balaban J connectivity index is 0.000000187. The topological polar surface area (TPSA) is 38.9 Å². The maximum atomic E-state index is 6.45. The number of furan rings is 1. The van der Waals surface area contributed by atoms with Crippen molar-refractivity contribution in [2.24, 2.45) is 0 Å². The van der Waals surface area contributed by atoms with Crippen LogP contribution in [0.2, 0.25) is 28.8 Å². The Hall–Kier alpha value is -3.28. The van der Waals surface area contributed by atoms with Crippen molar-refractivity contribution in [1.29, 1.82) is 0 Å². The second kappa shape index (κ2) is 12.7. The second-order valence-corrected chi connectivity index (χ2v) is 33.2. The van der Waals surface area contributed by atoms with Gasteiger partial charge in [0.2, 0.25) is 0 Å². The SMILES string of the molecule is Cc1ccnc(-c2[c-]ccc3c2oc2c[c]4c(cc23)-c2cccc[c]2[Ge]4([CH3])[CH3])c1.[CH3][Ge]([CH3])([CH3])[c]1ccc(-c2[c-]cccc2)nc1.[Ir]. The third-order valence-electron chi connectivity index (χ3n) is 8.92. The van der Waals surface area contributed by atoms with Gasteiger partial charge in [-0.05, 0) is 0 Å². The first-order valence-electron chi connectivity index (χ1n) is 15.5. The molecule has 46 heavy (non-hydrogen) atoms. The summed E-state index contributed by atoms with van der Waals surface area (Å²) in [7, 11) is 0. The van der Waals surface area contributed by atoms with Gasteiger partial charge < -0.3 is 0 Å². The van der Waals surface area contributed by atoms with Gasteiger partial charge in [-0.1, -0.05) is 0 Å². The van der Waals surface area contributed by atoms with E-state index in [0.29, 0.717) is 0 Å². The molecule has 6 heteroatoms. The molecule has 0 spiro atoms. The van der Waals surface area contributed by atoms with Crippen molar-refractivity contribution in [2.45, 2.75) is 35.7 Å². The monoisotopic (exact) mass is 901 g/mol. The van der Waals surface area contributed by atoms with Gasteiger partial charge in [0.25, 0.3) is 0 Å². The molecule has 0 atom stereocenters. The number of pyridine rings is 2. The number of benzene rings is 4. The number of fused-ring (bicyclic) bond motifs is 6. The molecule has 0 N–H and O–H groups in total. The van der Waals surface area contributed by atoms with Crippen molar-refractivity contribution in [1.82, 2.24) is 9.97 Å². The van der Waals surface area contributed by atoms with Gasteiger partial charge in [-0.25, -0.2) is 0 Å². The zero-order valence-electron chi connectivity index (χ0n) is 27.0. The number of hydrogen-bond donors (Lipinski definition) is 0. The summed E-state index contributed by atoms with van der Waals surface area (Å²) in [5.41, 5.74) is 9.75. The van der Waals surface area contributed by atoms with Crippen molar-refractivity contribution in [3.63, 3.8) is 0 Å². The minimum atomic E-state index is -2.30. The van der Waals surface area contributed by atoms with Crippen LogP contribution in [0.5, 0.6) is 0 Å².